The quantitative estimate of drug-likeness (QED) is 0.496. The zero-order valence-electron chi connectivity index (χ0n) is 12.4. The first-order valence-corrected chi connectivity index (χ1v) is 7.34. The van der Waals surface area contributed by atoms with E-state index in [-0.39, 0.29) is 18.6 Å². The highest BCUT2D eigenvalue weighted by Gasteiger charge is 2.22. The molecule has 0 bridgehead atoms. The Morgan fingerprint density at radius 1 is 1.50 bits per heavy atom. The van der Waals surface area contributed by atoms with Gasteiger partial charge in [-0.05, 0) is 44.2 Å². The lowest BCUT2D eigenvalue weighted by Gasteiger charge is -2.17. The van der Waals surface area contributed by atoms with Crippen molar-refractivity contribution in [2.75, 3.05) is 0 Å². The van der Waals surface area contributed by atoms with Crippen LogP contribution in [0.3, 0.4) is 0 Å². The third kappa shape index (κ3) is 4.24. The van der Waals surface area contributed by atoms with Crippen molar-refractivity contribution in [3.8, 4) is 0 Å². The second-order valence-electron chi connectivity index (χ2n) is 5.49. The highest BCUT2D eigenvalue weighted by Crippen LogP contribution is 2.21. The molecule has 22 heavy (non-hydrogen) atoms. The first-order chi connectivity index (χ1) is 10.5. The van der Waals surface area contributed by atoms with Crippen LogP contribution < -0.4 is 5.32 Å². The predicted octanol–water partition coefficient (Wildman–Crippen LogP) is 2.70. The molecular formula is C15H19FN2O4. The molecule has 1 unspecified atom stereocenters. The summed E-state index contributed by atoms with van der Waals surface area (Å²) >= 11 is 0. The number of nitrogens with one attached hydrogen (secondary N) is 1. The van der Waals surface area contributed by atoms with Crippen molar-refractivity contribution in [3.63, 3.8) is 0 Å². The Labute approximate surface area is 127 Å². The van der Waals surface area contributed by atoms with Gasteiger partial charge in [-0.15, -0.1) is 0 Å². The topological polar surface area (TPSA) is 81.5 Å². The highest BCUT2D eigenvalue weighted by molar-refractivity contribution is 5.75. The maximum atomic E-state index is 13.2. The van der Waals surface area contributed by atoms with Crippen molar-refractivity contribution >= 4 is 11.7 Å². The molecule has 2 rings (SSSR count). The smallest absolute Gasteiger partial charge is 0.323 e. The van der Waals surface area contributed by atoms with Crippen molar-refractivity contribution in [1.82, 2.24) is 5.32 Å². The lowest BCUT2D eigenvalue weighted by atomic mass is 10.2. The van der Waals surface area contributed by atoms with Crippen molar-refractivity contribution in [2.24, 2.45) is 0 Å². The summed E-state index contributed by atoms with van der Waals surface area (Å²) < 4.78 is 18.6. The molecule has 1 aromatic carbocycles. The summed E-state index contributed by atoms with van der Waals surface area (Å²) in [6, 6.07) is 3.14. The number of rotatable bonds is 6. The largest absolute Gasteiger partial charge is 0.461 e. The van der Waals surface area contributed by atoms with E-state index in [2.05, 4.69) is 5.32 Å². The van der Waals surface area contributed by atoms with E-state index in [4.69, 9.17) is 4.74 Å². The van der Waals surface area contributed by atoms with Crippen LogP contribution in [0, 0.1) is 15.9 Å². The van der Waals surface area contributed by atoms with Crippen LogP contribution in [0.2, 0.25) is 0 Å². The molecule has 0 aliphatic heterocycles. The summed E-state index contributed by atoms with van der Waals surface area (Å²) in [6.07, 6.45) is 3.98. The Hall–Kier alpha value is -2.02. The van der Waals surface area contributed by atoms with Gasteiger partial charge in [-0.1, -0.05) is 6.07 Å². The summed E-state index contributed by atoms with van der Waals surface area (Å²) in [5, 5.41) is 13.6. The second kappa shape index (κ2) is 7.31. The summed E-state index contributed by atoms with van der Waals surface area (Å²) in [5.74, 6) is -1.20. The van der Waals surface area contributed by atoms with Gasteiger partial charge in [0, 0.05) is 12.6 Å². The number of halogens is 1. The highest BCUT2D eigenvalue weighted by atomic mass is 19.1. The van der Waals surface area contributed by atoms with Crippen LogP contribution in [-0.2, 0) is 16.1 Å². The van der Waals surface area contributed by atoms with Crippen LogP contribution in [0.5, 0.6) is 0 Å². The Balaban J connectivity index is 1.87. The molecule has 1 fully saturated rings. The van der Waals surface area contributed by atoms with E-state index in [1.807, 2.05) is 0 Å². The van der Waals surface area contributed by atoms with E-state index in [0.717, 1.165) is 37.8 Å². The lowest BCUT2D eigenvalue weighted by Crippen LogP contribution is -2.36. The van der Waals surface area contributed by atoms with Crippen LogP contribution in [0.25, 0.3) is 0 Å². The van der Waals surface area contributed by atoms with Gasteiger partial charge in [0.1, 0.15) is 12.1 Å². The number of nitrogens with zero attached hydrogens (tertiary/aromatic N) is 1. The molecule has 0 amide bonds. The molecule has 1 aliphatic carbocycles. The van der Waals surface area contributed by atoms with Gasteiger partial charge in [0.05, 0.1) is 4.92 Å². The molecule has 6 nitrogen and oxygen atoms in total. The number of hydrogen-bond acceptors (Lipinski definition) is 5. The van der Waals surface area contributed by atoms with Crippen LogP contribution in [0.4, 0.5) is 10.1 Å². The summed E-state index contributed by atoms with van der Waals surface area (Å²) in [6.45, 7) is 1.90. The Bertz CT molecular complexity index is 558. The van der Waals surface area contributed by atoms with Crippen molar-refractivity contribution in [1.29, 1.82) is 0 Å². The Morgan fingerprint density at radius 3 is 2.82 bits per heavy atom. The molecule has 120 valence electrons. The molecule has 1 aliphatic rings. The van der Waals surface area contributed by atoms with Gasteiger partial charge in [0.15, 0.2) is 0 Å². The standard InChI is InChI=1S/C15H19FN2O4/c1-10(15(19)22-12-4-2-3-5-12)17-9-11-6-7-13(16)14(8-11)18(20)21/h6-8,10,12,17H,2-5,9H2,1H3. The van der Waals surface area contributed by atoms with E-state index in [9.17, 15) is 19.3 Å². The van der Waals surface area contributed by atoms with Gasteiger partial charge in [-0.2, -0.15) is 4.39 Å². The zero-order valence-corrected chi connectivity index (χ0v) is 12.4. The Morgan fingerprint density at radius 2 is 2.18 bits per heavy atom. The number of hydrogen-bond donors (Lipinski definition) is 1. The first-order valence-electron chi connectivity index (χ1n) is 7.34. The molecule has 1 aromatic rings. The second-order valence-corrected chi connectivity index (χ2v) is 5.49. The van der Waals surface area contributed by atoms with Crippen molar-refractivity contribution < 1.29 is 18.8 Å². The van der Waals surface area contributed by atoms with Crippen molar-refractivity contribution in [2.45, 2.75) is 51.3 Å². The maximum Gasteiger partial charge on any atom is 0.323 e. The third-order valence-corrected chi connectivity index (χ3v) is 3.76. The van der Waals surface area contributed by atoms with E-state index in [0.29, 0.717) is 5.56 Å². The number of nitro benzene ring substituents is 1. The van der Waals surface area contributed by atoms with Gasteiger partial charge in [0.2, 0.25) is 5.82 Å². The fourth-order valence-electron chi connectivity index (χ4n) is 2.43. The van der Waals surface area contributed by atoms with Gasteiger partial charge in [0.25, 0.3) is 0 Å². The van der Waals surface area contributed by atoms with E-state index < -0.39 is 22.5 Å². The molecule has 0 radical (unpaired) electrons. The van der Waals surface area contributed by atoms with E-state index in [1.54, 1.807) is 6.92 Å². The molecule has 0 aromatic heterocycles. The molecule has 0 saturated heterocycles. The molecule has 0 spiro atoms. The number of esters is 1. The third-order valence-electron chi connectivity index (χ3n) is 3.76. The number of carbonyl (C=O) groups is 1. The van der Waals surface area contributed by atoms with Crippen LogP contribution in [0.1, 0.15) is 38.2 Å². The average molecular weight is 310 g/mol. The number of benzene rings is 1. The average Bonchev–Trinajstić information content (AvgIpc) is 2.98. The SMILES string of the molecule is CC(NCc1ccc(F)c([N+](=O)[O-])c1)C(=O)OC1CCCC1. The van der Waals surface area contributed by atoms with Gasteiger partial charge >= 0.3 is 11.7 Å². The monoisotopic (exact) mass is 310 g/mol. The number of ether oxygens (including phenoxy) is 1. The molecular weight excluding hydrogens is 291 g/mol. The molecule has 7 heteroatoms. The fourth-order valence-corrected chi connectivity index (χ4v) is 2.43. The predicted molar refractivity (Wildman–Crippen MR) is 77.7 cm³/mol. The maximum absolute atomic E-state index is 13.2. The summed E-state index contributed by atoms with van der Waals surface area (Å²) in [4.78, 5) is 21.8. The van der Waals surface area contributed by atoms with E-state index >= 15 is 0 Å². The van der Waals surface area contributed by atoms with Gasteiger partial charge in [-0.3, -0.25) is 14.9 Å². The molecule has 1 atom stereocenters. The first kappa shape index (κ1) is 16.4. The van der Waals surface area contributed by atoms with Crippen LogP contribution in [-0.4, -0.2) is 23.0 Å². The van der Waals surface area contributed by atoms with Gasteiger partial charge < -0.3 is 10.1 Å². The minimum absolute atomic E-state index is 0.00339. The van der Waals surface area contributed by atoms with Crippen molar-refractivity contribution in [3.05, 3.63) is 39.7 Å². The summed E-state index contributed by atoms with van der Waals surface area (Å²) in [7, 11) is 0. The van der Waals surface area contributed by atoms with Crippen LogP contribution >= 0.6 is 0 Å². The molecule has 0 heterocycles. The minimum Gasteiger partial charge on any atom is -0.461 e. The fraction of sp³-hybridized carbons (Fsp3) is 0.533. The lowest BCUT2D eigenvalue weighted by molar-refractivity contribution is -0.387. The zero-order chi connectivity index (χ0) is 16.1. The minimum atomic E-state index is -0.873. The number of carbonyl (C=O) groups excluding carboxylic acids is 1. The molecule has 1 N–H and O–H groups in total. The normalized spacial score (nSPS) is 16.5. The van der Waals surface area contributed by atoms with Crippen LogP contribution in [0.15, 0.2) is 18.2 Å². The number of nitro groups is 1. The Kier molecular flexibility index (Phi) is 5.43. The summed E-state index contributed by atoms with van der Waals surface area (Å²) in [5.41, 5.74) is -0.0332. The molecule has 1 saturated carbocycles. The van der Waals surface area contributed by atoms with Gasteiger partial charge in [-0.25, -0.2) is 0 Å². The van der Waals surface area contributed by atoms with E-state index in [1.165, 1.54) is 6.07 Å².